The molecule has 2 aromatic carbocycles. The second-order valence-electron chi connectivity index (χ2n) is 4.57. The van der Waals surface area contributed by atoms with Gasteiger partial charge < -0.3 is 10.8 Å². The van der Waals surface area contributed by atoms with Crippen LogP contribution in [0.2, 0.25) is 0 Å². The standard InChI is InChI=1S/C15H10N2O4/c16-12-6-5-8(7-11(12)15(20)21)17-13(18)9-3-1-2-4-10(9)14(17)19/h1-7H,16H2,(H,20,21). The van der Waals surface area contributed by atoms with Gasteiger partial charge >= 0.3 is 5.97 Å². The van der Waals surface area contributed by atoms with Crippen molar-refractivity contribution in [1.82, 2.24) is 0 Å². The van der Waals surface area contributed by atoms with Crippen molar-refractivity contribution in [1.29, 1.82) is 0 Å². The first kappa shape index (κ1) is 12.9. The van der Waals surface area contributed by atoms with Gasteiger partial charge in [-0.1, -0.05) is 12.1 Å². The molecule has 3 rings (SSSR count). The van der Waals surface area contributed by atoms with E-state index in [9.17, 15) is 14.4 Å². The van der Waals surface area contributed by atoms with E-state index in [0.29, 0.717) is 11.1 Å². The number of carboxylic acids is 1. The molecule has 0 saturated heterocycles. The summed E-state index contributed by atoms with van der Waals surface area (Å²) in [6.45, 7) is 0. The first-order valence-corrected chi connectivity index (χ1v) is 6.11. The van der Waals surface area contributed by atoms with Crippen molar-refractivity contribution in [2.75, 3.05) is 10.6 Å². The zero-order valence-corrected chi connectivity index (χ0v) is 10.7. The normalized spacial score (nSPS) is 13.4. The average Bonchev–Trinajstić information content (AvgIpc) is 2.72. The van der Waals surface area contributed by atoms with Gasteiger partial charge in [0.25, 0.3) is 11.8 Å². The summed E-state index contributed by atoms with van der Waals surface area (Å²) in [4.78, 5) is 36.7. The fourth-order valence-corrected chi connectivity index (χ4v) is 2.29. The van der Waals surface area contributed by atoms with E-state index in [2.05, 4.69) is 0 Å². The summed E-state index contributed by atoms with van der Waals surface area (Å²) in [5.41, 5.74) is 6.29. The van der Waals surface area contributed by atoms with Gasteiger partial charge in [0, 0.05) is 5.69 Å². The van der Waals surface area contributed by atoms with Gasteiger partial charge in [0.15, 0.2) is 0 Å². The zero-order valence-electron chi connectivity index (χ0n) is 10.7. The van der Waals surface area contributed by atoms with Crippen LogP contribution in [0.4, 0.5) is 11.4 Å². The summed E-state index contributed by atoms with van der Waals surface area (Å²) in [6, 6.07) is 10.5. The number of nitrogens with two attached hydrogens (primary N) is 1. The lowest BCUT2D eigenvalue weighted by atomic mass is 10.1. The van der Waals surface area contributed by atoms with Crippen molar-refractivity contribution in [3.63, 3.8) is 0 Å². The van der Waals surface area contributed by atoms with E-state index in [-0.39, 0.29) is 16.9 Å². The van der Waals surface area contributed by atoms with Crippen LogP contribution in [0.25, 0.3) is 0 Å². The lowest BCUT2D eigenvalue weighted by molar-refractivity contribution is 0.0697. The second-order valence-corrected chi connectivity index (χ2v) is 4.57. The summed E-state index contributed by atoms with van der Waals surface area (Å²) in [5.74, 6) is -2.17. The highest BCUT2D eigenvalue weighted by Gasteiger charge is 2.36. The maximum Gasteiger partial charge on any atom is 0.337 e. The lowest BCUT2D eigenvalue weighted by Crippen LogP contribution is -2.29. The number of amides is 2. The molecule has 1 heterocycles. The number of fused-ring (bicyclic) bond motifs is 1. The molecule has 0 aromatic heterocycles. The number of benzene rings is 2. The Morgan fingerprint density at radius 1 is 1.00 bits per heavy atom. The predicted octanol–water partition coefficient (Wildman–Crippen LogP) is 1.77. The molecule has 0 radical (unpaired) electrons. The van der Waals surface area contributed by atoms with E-state index in [0.717, 1.165) is 4.90 Å². The average molecular weight is 282 g/mol. The first-order valence-electron chi connectivity index (χ1n) is 6.11. The Labute approximate surface area is 119 Å². The van der Waals surface area contributed by atoms with Gasteiger partial charge in [-0.25, -0.2) is 9.69 Å². The number of anilines is 2. The maximum absolute atomic E-state index is 12.3. The van der Waals surface area contributed by atoms with Crippen LogP contribution in [0.3, 0.4) is 0 Å². The molecule has 0 spiro atoms. The summed E-state index contributed by atoms with van der Waals surface area (Å²) in [5, 5.41) is 9.07. The van der Waals surface area contributed by atoms with Crippen LogP contribution >= 0.6 is 0 Å². The molecule has 0 bridgehead atoms. The van der Waals surface area contributed by atoms with Gasteiger partial charge in [0.1, 0.15) is 0 Å². The molecule has 0 saturated carbocycles. The van der Waals surface area contributed by atoms with Gasteiger partial charge in [0.05, 0.1) is 22.4 Å². The van der Waals surface area contributed by atoms with Gasteiger partial charge in [-0.3, -0.25) is 9.59 Å². The number of aromatic carboxylic acids is 1. The molecular weight excluding hydrogens is 272 g/mol. The SMILES string of the molecule is Nc1ccc(N2C(=O)c3ccccc3C2=O)cc1C(=O)O. The maximum atomic E-state index is 12.3. The van der Waals surface area contributed by atoms with Gasteiger partial charge in [-0.15, -0.1) is 0 Å². The summed E-state index contributed by atoms with van der Waals surface area (Å²) < 4.78 is 0. The topological polar surface area (TPSA) is 101 Å². The Kier molecular flexibility index (Phi) is 2.72. The fraction of sp³-hybridized carbons (Fsp3) is 0. The van der Waals surface area contributed by atoms with Crippen molar-refractivity contribution >= 4 is 29.2 Å². The van der Waals surface area contributed by atoms with Crippen LogP contribution in [0.1, 0.15) is 31.1 Å². The highest BCUT2D eigenvalue weighted by Crippen LogP contribution is 2.30. The van der Waals surface area contributed by atoms with Crippen molar-refractivity contribution < 1.29 is 19.5 Å². The lowest BCUT2D eigenvalue weighted by Gasteiger charge is -2.15. The Bertz CT molecular complexity index is 763. The van der Waals surface area contributed by atoms with Crippen LogP contribution in [-0.4, -0.2) is 22.9 Å². The number of imide groups is 1. The quantitative estimate of drug-likeness (QED) is 0.645. The van der Waals surface area contributed by atoms with Gasteiger partial charge in [-0.05, 0) is 30.3 Å². The third kappa shape index (κ3) is 1.85. The number of carbonyl (C=O) groups excluding carboxylic acids is 2. The monoisotopic (exact) mass is 282 g/mol. The zero-order chi connectivity index (χ0) is 15.1. The van der Waals surface area contributed by atoms with Crippen molar-refractivity contribution in [3.8, 4) is 0 Å². The van der Waals surface area contributed by atoms with E-state index in [1.165, 1.54) is 18.2 Å². The molecule has 0 fully saturated rings. The number of hydrogen-bond acceptors (Lipinski definition) is 4. The largest absolute Gasteiger partial charge is 0.478 e. The van der Waals surface area contributed by atoms with Crippen molar-refractivity contribution in [3.05, 3.63) is 59.2 Å². The molecule has 0 unspecified atom stereocenters. The van der Waals surface area contributed by atoms with Crippen molar-refractivity contribution in [2.24, 2.45) is 0 Å². The van der Waals surface area contributed by atoms with E-state index in [4.69, 9.17) is 10.8 Å². The Morgan fingerprint density at radius 3 is 2.10 bits per heavy atom. The number of nitrogens with zero attached hydrogens (tertiary/aromatic N) is 1. The van der Waals surface area contributed by atoms with E-state index >= 15 is 0 Å². The molecule has 2 amide bonds. The number of hydrogen-bond donors (Lipinski definition) is 2. The van der Waals surface area contributed by atoms with Crippen LogP contribution < -0.4 is 10.6 Å². The Hall–Kier alpha value is -3.15. The molecule has 0 aliphatic carbocycles. The van der Waals surface area contributed by atoms with Crippen LogP contribution in [0.5, 0.6) is 0 Å². The fourth-order valence-electron chi connectivity index (χ4n) is 2.29. The molecule has 6 nitrogen and oxygen atoms in total. The first-order chi connectivity index (χ1) is 10.0. The van der Waals surface area contributed by atoms with Crippen LogP contribution in [0.15, 0.2) is 42.5 Å². The number of nitrogen functional groups attached to an aromatic ring is 1. The van der Waals surface area contributed by atoms with E-state index < -0.39 is 17.8 Å². The second kappa shape index (κ2) is 4.45. The molecule has 6 heteroatoms. The Balaban J connectivity index is 2.11. The van der Waals surface area contributed by atoms with E-state index in [1.807, 2.05) is 0 Å². The van der Waals surface area contributed by atoms with Crippen LogP contribution in [0, 0.1) is 0 Å². The minimum atomic E-state index is -1.22. The summed E-state index contributed by atoms with van der Waals surface area (Å²) >= 11 is 0. The molecular formula is C15H10N2O4. The molecule has 1 aliphatic rings. The predicted molar refractivity (Wildman–Crippen MR) is 75.4 cm³/mol. The molecule has 0 atom stereocenters. The number of carbonyl (C=O) groups is 3. The van der Waals surface area contributed by atoms with Gasteiger partial charge in [0.2, 0.25) is 0 Å². The molecule has 104 valence electrons. The number of carboxylic acid groups (broad SMARTS) is 1. The third-order valence-electron chi connectivity index (χ3n) is 3.32. The summed E-state index contributed by atoms with van der Waals surface area (Å²) in [6.07, 6.45) is 0. The molecule has 3 N–H and O–H groups in total. The van der Waals surface area contributed by atoms with E-state index in [1.54, 1.807) is 24.3 Å². The van der Waals surface area contributed by atoms with Crippen LogP contribution in [-0.2, 0) is 0 Å². The third-order valence-corrected chi connectivity index (χ3v) is 3.32. The Morgan fingerprint density at radius 2 is 1.57 bits per heavy atom. The molecule has 2 aromatic rings. The molecule has 21 heavy (non-hydrogen) atoms. The number of rotatable bonds is 2. The minimum Gasteiger partial charge on any atom is -0.478 e. The smallest absolute Gasteiger partial charge is 0.337 e. The van der Waals surface area contributed by atoms with Crippen molar-refractivity contribution in [2.45, 2.75) is 0 Å². The van der Waals surface area contributed by atoms with Gasteiger partial charge in [-0.2, -0.15) is 0 Å². The highest BCUT2D eigenvalue weighted by molar-refractivity contribution is 6.34. The minimum absolute atomic E-state index is 0.0721. The molecule has 1 aliphatic heterocycles. The highest BCUT2D eigenvalue weighted by atomic mass is 16.4. The summed E-state index contributed by atoms with van der Waals surface area (Å²) in [7, 11) is 0.